The number of sulfonamides is 1. The fraction of sp³-hybridized carbons (Fsp3) is 0.533. The Morgan fingerprint density at radius 3 is 2.54 bits per heavy atom. The minimum atomic E-state index is -3.50. The maximum Gasteiger partial charge on any atom is 0.210 e. The number of rotatable bonds is 9. The molecule has 0 spiro atoms. The molecule has 8 nitrogen and oxygen atoms in total. The van der Waals surface area contributed by atoms with E-state index in [1.54, 1.807) is 7.11 Å². The van der Waals surface area contributed by atoms with Crippen LogP contribution < -0.4 is 25.2 Å². The van der Waals surface area contributed by atoms with Gasteiger partial charge in [0.25, 0.3) is 0 Å². The van der Waals surface area contributed by atoms with Crippen LogP contribution in [0.4, 0.5) is 0 Å². The van der Waals surface area contributed by atoms with E-state index in [0.717, 1.165) is 0 Å². The molecule has 9 heteroatoms. The fourth-order valence-electron chi connectivity index (χ4n) is 1.84. The topological polar surface area (TPSA) is 115 Å². The minimum absolute atomic E-state index is 0.162. The van der Waals surface area contributed by atoms with Crippen molar-refractivity contribution in [3.8, 4) is 11.5 Å². The van der Waals surface area contributed by atoms with Crippen LogP contribution in [0.15, 0.2) is 29.3 Å². The summed E-state index contributed by atoms with van der Waals surface area (Å²) in [4.78, 5) is 4.38. The molecule has 0 aromatic heterocycles. The van der Waals surface area contributed by atoms with Gasteiger partial charge >= 0.3 is 0 Å². The monoisotopic (exact) mass is 358 g/mol. The number of hydrogen-bond donors (Lipinski definition) is 3. The zero-order chi connectivity index (χ0) is 18.0. The average molecular weight is 358 g/mol. The molecule has 1 rings (SSSR count). The van der Waals surface area contributed by atoms with Crippen molar-refractivity contribution in [3.05, 3.63) is 24.3 Å². The summed E-state index contributed by atoms with van der Waals surface area (Å²) in [5.41, 5.74) is 0. The van der Waals surface area contributed by atoms with Crippen LogP contribution in [-0.4, -0.2) is 53.0 Å². The van der Waals surface area contributed by atoms with E-state index >= 15 is 0 Å². The molecule has 1 aromatic rings. The zero-order valence-electron chi connectivity index (χ0n) is 14.3. The molecule has 0 saturated heterocycles. The van der Waals surface area contributed by atoms with Crippen molar-refractivity contribution in [1.29, 1.82) is 0 Å². The number of nitrogens with one attached hydrogen (secondary N) is 2. The van der Waals surface area contributed by atoms with Crippen LogP contribution in [0.3, 0.4) is 0 Å². The van der Waals surface area contributed by atoms with Crippen molar-refractivity contribution >= 4 is 16.0 Å². The zero-order valence-corrected chi connectivity index (χ0v) is 15.1. The van der Waals surface area contributed by atoms with Crippen LogP contribution in [0.2, 0.25) is 0 Å². The van der Waals surface area contributed by atoms with Gasteiger partial charge in [-0.2, -0.15) is 0 Å². The van der Waals surface area contributed by atoms with E-state index in [1.165, 1.54) is 0 Å². The Kier molecular flexibility index (Phi) is 8.34. The number of methoxy groups -OCH3 is 1. The number of aliphatic imine (C=N–C) groups is 1. The summed E-state index contributed by atoms with van der Waals surface area (Å²) in [6.07, 6.45) is -0.185. The van der Waals surface area contributed by atoms with E-state index in [9.17, 15) is 8.42 Å². The Hall–Kier alpha value is -2.00. The predicted molar refractivity (Wildman–Crippen MR) is 95.0 cm³/mol. The maximum absolute atomic E-state index is 10.9. The third kappa shape index (κ3) is 8.02. The molecule has 136 valence electrons. The van der Waals surface area contributed by atoms with E-state index in [1.807, 2.05) is 38.1 Å². The van der Waals surface area contributed by atoms with Gasteiger partial charge < -0.3 is 20.1 Å². The van der Waals surface area contributed by atoms with Gasteiger partial charge in [-0.15, -0.1) is 0 Å². The van der Waals surface area contributed by atoms with Crippen molar-refractivity contribution in [2.45, 2.75) is 20.0 Å². The number of nitrogens with two attached hydrogens (primary N) is 1. The standard InChI is InChI=1S/C15H26N4O4S/c1-4-17-15(18-9-10-24(16,20)21)19-11-12(2)23-14-8-6-5-7-13(14)22-3/h5-8,12H,4,9-11H2,1-3H3,(H2,16,20,21)(H2,17,18,19). The lowest BCUT2D eigenvalue weighted by Gasteiger charge is -2.16. The minimum Gasteiger partial charge on any atom is -0.493 e. The second kappa shape index (κ2) is 9.99. The number of primary sulfonamides is 1. The highest BCUT2D eigenvalue weighted by molar-refractivity contribution is 7.89. The summed E-state index contributed by atoms with van der Waals surface area (Å²) in [5.74, 6) is 1.66. The van der Waals surface area contributed by atoms with Gasteiger partial charge in [0, 0.05) is 13.1 Å². The molecule has 0 bridgehead atoms. The van der Waals surface area contributed by atoms with Crippen LogP contribution >= 0.6 is 0 Å². The number of nitrogens with zero attached hydrogens (tertiary/aromatic N) is 1. The molecule has 0 heterocycles. The first-order chi connectivity index (χ1) is 11.4. The van der Waals surface area contributed by atoms with Gasteiger partial charge in [0.15, 0.2) is 17.5 Å². The van der Waals surface area contributed by atoms with Gasteiger partial charge in [-0.25, -0.2) is 18.5 Å². The summed E-state index contributed by atoms with van der Waals surface area (Å²) < 4.78 is 33.0. The molecule has 0 aliphatic carbocycles. The Bertz CT molecular complexity index is 634. The van der Waals surface area contributed by atoms with Gasteiger partial charge in [0.2, 0.25) is 10.0 Å². The van der Waals surface area contributed by atoms with E-state index in [0.29, 0.717) is 30.5 Å². The molecule has 1 unspecified atom stereocenters. The summed E-state index contributed by atoms with van der Waals surface area (Å²) in [6.45, 7) is 5.05. The molecule has 24 heavy (non-hydrogen) atoms. The van der Waals surface area contributed by atoms with Crippen LogP contribution in [-0.2, 0) is 10.0 Å². The van der Waals surface area contributed by atoms with Gasteiger partial charge in [-0.1, -0.05) is 12.1 Å². The molecule has 1 aromatic carbocycles. The van der Waals surface area contributed by atoms with Crippen molar-refractivity contribution in [1.82, 2.24) is 10.6 Å². The Labute approximate surface area is 143 Å². The second-order valence-electron chi connectivity index (χ2n) is 5.09. The van der Waals surface area contributed by atoms with Crippen molar-refractivity contribution in [2.75, 3.05) is 32.5 Å². The molecular formula is C15H26N4O4S. The summed E-state index contributed by atoms with van der Waals surface area (Å²) in [5, 5.41) is 10.9. The lowest BCUT2D eigenvalue weighted by atomic mass is 10.3. The van der Waals surface area contributed by atoms with Crippen molar-refractivity contribution in [3.63, 3.8) is 0 Å². The first-order valence-corrected chi connectivity index (χ1v) is 9.39. The van der Waals surface area contributed by atoms with Crippen molar-refractivity contribution in [2.24, 2.45) is 10.1 Å². The van der Waals surface area contributed by atoms with Crippen LogP contribution in [0, 0.1) is 0 Å². The normalized spacial score (nSPS) is 13.2. The molecule has 0 saturated carbocycles. The molecule has 0 amide bonds. The molecule has 0 radical (unpaired) electrons. The lowest BCUT2D eigenvalue weighted by molar-refractivity contribution is 0.219. The van der Waals surface area contributed by atoms with Gasteiger partial charge in [0.05, 0.1) is 19.4 Å². The number of ether oxygens (including phenoxy) is 2. The Morgan fingerprint density at radius 1 is 1.29 bits per heavy atom. The average Bonchev–Trinajstić information content (AvgIpc) is 2.52. The first-order valence-electron chi connectivity index (χ1n) is 7.68. The number of hydrogen-bond acceptors (Lipinski definition) is 5. The Morgan fingerprint density at radius 2 is 1.96 bits per heavy atom. The smallest absolute Gasteiger partial charge is 0.210 e. The SMILES string of the molecule is CCNC(=NCC(C)Oc1ccccc1OC)NCCS(N)(=O)=O. The van der Waals surface area contributed by atoms with E-state index in [-0.39, 0.29) is 18.4 Å². The van der Waals surface area contributed by atoms with Crippen LogP contribution in [0.25, 0.3) is 0 Å². The van der Waals surface area contributed by atoms with E-state index in [2.05, 4.69) is 15.6 Å². The molecule has 0 fully saturated rings. The Balaban J connectivity index is 2.58. The van der Waals surface area contributed by atoms with Gasteiger partial charge in [-0.3, -0.25) is 0 Å². The van der Waals surface area contributed by atoms with Crippen molar-refractivity contribution < 1.29 is 17.9 Å². The summed E-state index contributed by atoms with van der Waals surface area (Å²) >= 11 is 0. The number of guanidine groups is 1. The molecular weight excluding hydrogens is 332 g/mol. The second-order valence-corrected chi connectivity index (χ2v) is 6.83. The summed E-state index contributed by atoms with van der Waals surface area (Å²) in [7, 11) is -1.91. The third-order valence-electron chi connectivity index (χ3n) is 2.93. The van der Waals surface area contributed by atoms with Crippen LogP contribution in [0.1, 0.15) is 13.8 Å². The molecule has 4 N–H and O–H groups in total. The van der Waals surface area contributed by atoms with E-state index < -0.39 is 10.0 Å². The lowest BCUT2D eigenvalue weighted by Crippen LogP contribution is -2.40. The summed E-state index contributed by atoms with van der Waals surface area (Å²) in [6, 6.07) is 7.39. The first kappa shape index (κ1) is 20.0. The molecule has 1 atom stereocenters. The highest BCUT2D eigenvalue weighted by atomic mass is 32.2. The number of para-hydroxylation sites is 2. The van der Waals surface area contributed by atoms with Gasteiger partial charge in [-0.05, 0) is 26.0 Å². The number of benzene rings is 1. The van der Waals surface area contributed by atoms with E-state index in [4.69, 9.17) is 14.6 Å². The van der Waals surface area contributed by atoms with Crippen LogP contribution in [0.5, 0.6) is 11.5 Å². The predicted octanol–water partition coefficient (Wildman–Crippen LogP) is 0.306. The maximum atomic E-state index is 10.9. The largest absolute Gasteiger partial charge is 0.493 e. The highest BCUT2D eigenvalue weighted by Crippen LogP contribution is 2.26. The molecule has 0 aliphatic heterocycles. The highest BCUT2D eigenvalue weighted by Gasteiger charge is 2.09. The van der Waals surface area contributed by atoms with Gasteiger partial charge in [0.1, 0.15) is 6.10 Å². The molecule has 0 aliphatic rings. The fourth-order valence-corrected chi connectivity index (χ4v) is 2.23. The quantitative estimate of drug-likeness (QED) is 0.432. The third-order valence-corrected chi connectivity index (χ3v) is 3.70.